The first-order valence-corrected chi connectivity index (χ1v) is 6.85. The summed E-state index contributed by atoms with van der Waals surface area (Å²) in [7, 11) is 1.62. The smallest absolute Gasteiger partial charge is 0.232 e. The van der Waals surface area contributed by atoms with Gasteiger partial charge < -0.3 is 20.5 Å². The highest BCUT2D eigenvalue weighted by molar-refractivity contribution is 5.96. The third kappa shape index (κ3) is 3.87. The van der Waals surface area contributed by atoms with Crippen LogP contribution in [0.25, 0.3) is 0 Å². The van der Waals surface area contributed by atoms with Gasteiger partial charge in [-0.2, -0.15) is 0 Å². The van der Waals surface area contributed by atoms with Crippen molar-refractivity contribution in [3.8, 4) is 5.75 Å². The number of hydrogen-bond donors (Lipinski definition) is 2. The second-order valence-electron chi connectivity index (χ2n) is 5.23. The fourth-order valence-electron chi connectivity index (χ4n) is 2.44. The van der Waals surface area contributed by atoms with Crippen LogP contribution < -0.4 is 15.8 Å². The predicted octanol–water partition coefficient (Wildman–Crippen LogP) is 2.12. The Balaban J connectivity index is 0.00000220. The Morgan fingerprint density at radius 1 is 1.43 bits per heavy atom. The Morgan fingerprint density at radius 3 is 2.62 bits per heavy atom. The molecule has 1 aromatic rings. The maximum atomic E-state index is 12.5. The highest BCUT2D eigenvalue weighted by atomic mass is 35.5. The Morgan fingerprint density at radius 2 is 2.10 bits per heavy atom. The third-order valence-electron chi connectivity index (χ3n) is 4.00. The zero-order chi connectivity index (χ0) is 14.6. The summed E-state index contributed by atoms with van der Waals surface area (Å²) in [5, 5.41) is 2.99. The van der Waals surface area contributed by atoms with Crippen LogP contribution in [0, 0.1) is 12.3 Å². The standard InChI is InChI=1S/C15H22N2O3.ClH/c1-11-9-12(19-2)3-4-13(11)17-14(18)15(10-16)5-7-20-8-6-15;/h3-4,9H,5-8,10,16H2,1-2H3,(H,17,18);1H. The number of hydrogen-bond acceptors (Lipinski definition) is 4. The van der Waals surface area contributed by atoms with Crippen LogP contribution in [-0.2, 0) is 9.53 Å². The second kappa shape index (κ2) is 7.64. The first kappa shape index (κ1) is 17.8. The summed E-state index contributed by atoms with van der Waals surface area (Å²) in [5.74, 6) is 0.761. The zero-order valence-corrected chi connectivity index (χ0v) is 13.3. The van der Waals surface area contributed by atoms with Crippen molar-refractivity contribution in [1.29, 1.82) is 0 Å². The molecule has 1 aliphatic rings. The number of anilines is 1. The van der Waals surface area contributed by atoms with E-state index < -0.39 is 5.41 Å². The predicted molar refractivity (Wildman–Crippen MR) is 85.1 cm³/mol. The van der Waals surface area contributed by atoms with Crippen LogP contribution in [0.4, 0.5) is 5.69 Å². The Kier molecular flexibility index (Phi) is 6.45. The molecule has 1 aromatic carbocycles. The largest absolute Gasteiger partial charge is 0.497 e. The van der Waals surface area contributed by atoms with Gasteiger partial charge in [-0.1, -0.05) is 0 Å². The highest BCUT2D eigenvalue weighted by Gasteiger charge is 2.38. The van der Waals surface area contributed by atoms with Gasteiger partial charge in [-0.15, -0.1) is 12.4 Å². The van der Waals surface area contributed by atoms with Gasteiger partial charge >= 0.3 is 0 Å². The van der Waals surface area contributed by atoms with Gasteiger partial charge in [0, 0.05) is 25.4 Å². The lowest BCUT2D eigenvalue weighted by Gasteiger charge is -2.34. The summed E-state index contributed by atoms with van der Waals surface area (Å²) in [5.41, 5.74) is 7.10. The maximum absolute atomic E-state index is 12.5. The minimum atomic E-state index is -0.509. The number of benzene rings is 1. The van der Waals surface area contributed by atoms with Crippen molar-refractivity contribution in [3.05, 3.63) is 23.8 Å². The minimum Gasteiger partial charge on any atom is -0.497 e. The van der Waals surface area contributed by atoms with Crippen LogP contribution in [0.3, 0.4) is 0 Å². The zero-order valence-electron chi connectivity index (χ0n) is 12.5. The van der Waals surface area contributed by atoms with Crippen LogP contribution in [0.5, 0.6) is 5.75 Å². The Labute approximate surface area is 131 Å². The monoisotopic (exact) mass is 314 g/mol. The summed E-state index contributed by atoms with van der Waals surface area (Å²) in [6.45, 7) is 3.47. The van der Waals surface area contributed by atoms with E-state index >= 15 is 0 Å². The molecule has 0 bridgehead atoms. The molecule has 1 amide bonds. The maximum Gasteiger partial charge on any atom is 0.232 e. The van der Waals surface area contributed by atoms with Gasteiger partial charge in [-0.05, 0) is 43.5 Å². The highest BCUT2D eigenvalue weighted by Crippen LogP contribution is 2.31. The number of aryl methyl sites for hydroxylation is 1. The Hall–Kier alpha value is -1.30. The molecule has 1 aliphatic heterocycles. The molecular formula is C15H23ClN2O3. The van der Waals surface area contributed by atoms with Crippen molar-refractivity contribution in [2.24, 2.45) is 11.1 Å². The van der Waals surface area contributed by atoms with Gasteiger partial charge in [0.2, 0.25) is 5.91 Å². The molecule has 0 unspecified atom stereocenters. The number of nitrogens with two attached hydrogens (primary N) is 1. The molecule has 5 nitrogen and oxygen atoms in total. The first-order valence-electron chi connectivity index (χ1n) is 6.85. The number of halogens is 1. The van der Waals surface area contributed by atoms with Gasteiger partial charge in [0.05, 0.1) is 12.5 Å². The lowest BCUT2D eigenvalue weighted by Crippen LogP contribution is -2.46. The lowest BCUT2D eigenvalue weighted by molar-refractivity contribution is -0.130. The molecule has 118 valence electrons. The number of nitrogens with one attached hydrogen (secondary N) is 1. The molecule has 1 fully saturated rings. The molecule has 6 heteroatoms. The average molecular weight is 315 g/mol. The minimum absolute atomic E-state index is 0. The van der Waals surface area contributed by atoms with Crippen LogP contribution in [0.1, 0.15) is 18.4 Å². The topological polar surface area (TPSA) is 73.6 Å². The number of carbonyl (C=O) groups is 1. The number of amides is 1. The molecule has 0 atom stereocenters. The summed E-state index contributed by atoms with van der Waals surface area (Å²) in [4.78, 5) is 12.5. The molecule has 0 saturated carbocycles. The molecule has 2 rings (SSSR count). The SMILES string of the molecule is COc1ccc(NC(=O)C2(CN)CCOCC2)c(C)c1.Cl. The van der Waals surface area contributed by atoms with Gasteiger partial charge in [0.25, 0.3) is 0 Å². The van der Waals surface area contributed by atoms with E-state index in [0.717, 1.165) is 17.0 Å². The van der Waals surface area contributed by atoms with Crippen LogP contribution in [0.15, 0.2) is 18.2 Å². The lowest BCUT2D eigenvalue weighted by atomic mass is 9.79. The van der Waals surface area contributed by atoms with E-state index in [4.69, 9.17) is 15.2 Å². The third-order valence-corrected chi connectivity index (χ3v) is 4.00. The van der Waals surface area contributed by atoms with Gasteiger partial charge in [-0.25, -0.2) is 0 Å². The normalized spacial score (nSPS) is 16.7. The number of ether oxygens (including phenoxy) is 2. The molecule has 0 spiro atoms. The Bertz CT molecular complexity index is 488. The summed E-state index contributed by atoms with van der Waals surface area (Å²) >= 11 is 0. The number of rotatable bonds is 4. The van der Waals surface area contributed by atoms with Crippen molar-refractivity contribution in [2.45, 2.75) is 19.8 Å². The van der Waals surface area contributed by atoms with Crippen molar-refractivity contribution >= 4 is 24.0 Å². The molecule has 0 aromatic heterocycles. The van der Waals surface area contributed by atoms with Crippen LogP contribution in [-0.4, -0.2) is 32.8 Å². The molecular weight excluding hydrogens is 292 g/mol. The van der Waals surface area contributed by atoms with Gasteiger partial charge in [-0.3, -0.25) is 4.79 Å². The van der Waals surface area contributed by atoms with Gasteiger partial charge in [0.15, 0.2) is 0 Å². The van der Waals surface area contributed by atoms with E-state index in [9.17, 15) is 4.79 Å². The summed E-state index contributed by atoms with van der Waals surface area (Å²) in [6.07, 6.45) is 1.34. The number of methoxy groups -OCH3 is 1. The molecule has 3 N–H and O–H groups in total. The molecule has 0 aliphatic carbocycles. The van der Waals surface area contributed by atoms with Crippen molar-refractivity contribution in [3.63, 3.8) is 0 Å². The molecule has 0 radical (unpaired) electrons. The van der Waals surface area contributed by atoms with E-state index in [1.54, 1.807) is 7.11 Å². The van der Waals surface area contributed by atoms with E-state index in [1.807, 2.05) is 25.1 Å². The van der Waals surface area contributed by atoms with Crippen LogP contribution in [0.2, 0.25) is 0 Å². The molecule has 1 heterocycles. The molecule has 21 heavy (non-hydrogen) atoms. The van der Waals surface area contributed by atoms with E-state index in [1.165, 1.54) is 0 Å². The van der Waals surface area contributed by atoms with Gasteiger partial charge in [0.1, 0.15) is 5.75 Å². The van der Waals surface area contributed by atoms with Crippen molar-refractivity contribution < 1.29 is 14.3 Å². The fourth-order valence-corrected chi connectivity index (χ4v) is 2.44. The van der Waals surface area contributed by atoms with Crippen LogP contribution >= 0.6 is 12.4 Å². The molecule has 1 saturated heterocycles. The fraction of sp³-hybridized carbons (Fsp3) is 0.533. The second-order valence-corrected chi connectivity index (χ2v) is 5.23. The van der Waals surface area contributed by atoms with Crippen molar-refractivity contribution in [1.82, 2.24) is 0 Å². The quantitative estimate of drug-likeness (QED) is 0.893. The van der Waals surface area contributed by atoms with E-state index in [0.29, 0.717) is 32.6 Å². The van der Waals surface area contributed by atoms with Crippen molar-refractivity contribution in [2.75, 3.05) is 32.2 Å². The van der Waals surface area contributed by atoms with E-state index in [2.05, 4.69) is 5.32 Å². The number of carbonyl (C=O) groups excluding carboxylic acids is 1. The average Bonchev–Trinajstić information content (AvgIpc) is 2.49. The summed E-state index contributed by atoms with van der Waals surface area (Å²) < 4.78 is 10.5. The van der Waals surface area contributed by atoms with E-state index in [-0.39, 0.29) is 18.3 Å². The first-order chi connectivity index (χ1) is 9.61. The summed E-state index contributed by atoms with van der Waals surface area (Å²) in [6, 6.07) is 5.59.